The number of hydrogen-bond donors (Lipinski definition) is 1. The van der Waals surface area contributed by atoms with E-state index in [1.54, 1.807) is 11.1 Å². The van der Waals surface area contributed by atoms with Crippen LogP contribution in [0.15, 0.2) is 66.9 Å². The molecule has 174 valence electrons. The molecule has 6 nitrogen and oxygen atoms in total. The molecule has 0 saturated carbocycles. The molecule has 34 heavy (non-hydrogen) atoms. The van der Waals surface area contributed by atoms with E-state index >= 15 is 0 Å². The van der Waals surface area contributed by atoms with Crippen molar-refractivity contribution in [3.05, 3.63) is 89.2 Å². The normalized spacial score (nSPS) is 25.5. The fraction of sp³-hybridized carbons (Fsp3) is 0.357. The predicted octanol–water partition coefficient (Wildman–Crippen LogP) is 4.39. The van der Waals surface area contributed by atoms with E-state index in [1.807, 2.05) is 43.3 Å². The number of ether oxygens (including phenoxy) is 2. The summed E-state index contributed by atoms with van der Waals surface area (Å²) in [5.74, 6) is 0.0211. The van der Waals surface area contributed by atoms with Crippen LogP contribution in [0.5, 0.6) is 0 Å². The van der Waals surface area contributed by atoms with Gasteiger partial charge in [-0.2, -0.15) is 0 Å². The maximum absolute atomic E-state index is 13.3. The monoisotopic (exact) mass is 456 g/mol. The highest BCUT2D eigenvalue weighted by atomic mass is 16.6. The standard InChI is InChI=1S/C28H28N2O4/c1-18-10-11-19(14-29-18)28(32)12-20-15-33-16-21(13-28)30(20)27(31)34-17-26-24-8-4-2-6-22(24)23-7-3-5-9-25(23)26/h2-11,14,20-21,26,32H,12-13,15-17H2,1H3. The Balaban J connectivity index is 1.20. The van der Waals surface area contributed by atoms with Crippen molar-refractivity contribution in [3.8, 4) is 11.1 Å². The first kappa shape index (κ1) is 21.3. The lowest BCUT2D eigenvalue weighted by molar-refractivity contribution is -0.136. The van der Waals surface area contributed by atoms with Gasteiger partial charge in [0, 0.05) is 36.2 Å². The van der Waals surface area contributed by atoms with Crippen LogP contribution in [-0.2, 0) is 15.1 Å². The zero-order valence-corrected chi connectivity index (χ0v) is 19.2. The Morgan fingerprint density at radius 3 is 2.24 bits per heavy atom. The number of carbonyl (C=O) groups excluding carboxylic acids is 1. The van der Waals surface area contributed by atoms with E-state index in [0.717, 1.165) is 11.3 Å². The fourth-order valence-corrected chi connectivity index (χ4v) is 5.92. The van der Waals surface area contributed by atoms with E-state index in [-0.39, 0.29) is 30.7 Å². The van der Waals surface area contributed by atoms with E-state index in [0.29, 0.717) is 26.1 Å². The largest absolute Gasteiger partial charge is 0.448 e. The van der Waals surface area contributed by atoms with Gasteiger partial charge in [-0.15, -0.1) is 0 Å². The lowest BCUT2D eigenvalue weighted by atomic mass is 9.77. The zero-order valence-electron chi connectivity index (χ0n) is 19.2. The van der Waals surface area contributed by atoms with Crippen LogP contribution in [0.2, 0.25) is 0 Å². The number of carbonyl (C=O) groups is 1. The Labute approximate surface area is 199 Å². The number of amides is 1. The summed E-state index contributed by atoms with van der Waals surface area (Å²) in [4.78, 5) is 19.5. The van der Waals surface area contributed by atoms with Gasteiger partial charge in [0.2, 0.25) is 0 Å². The molecule has 1 aliphatic carbocycles. The third-order valence-corrected chi connectivity index (χ3v) is 7.55. The fourth-order valence-electron chi connectivity index (χ4n) is 5.92. The predicted molar refractivity (Wildman–Crippen MR) is 127 cm³/mol. The van der Waals surface area contributed by atoms with Gasteiger partial charge in [-0.1, -0.05) is 54.6 Å². The number of rotatable bonds is 3. The van der Waals surface area contributed by atoms with Crippen LogP contribution >= 0.6 is 0 Å². The Bertz CT molecular complexity index is 1170. The molecule has 3 aliphatic rings. The lowest BCUT2D eigenvalue weighted by Gasteiger charge is -2.50. The minimum absolute atomic E-state index is 0.0211. The topological polar surface area (TPSA) is 71.9 Å². The van der Waals surface area contributed by atoms with E-state index in [1.165, 1.54) is 22.3 Å². The first-order chi connectivity index (χ1) is 16.5. The molecular weight excluding hydrogens is 428 g/mol. The van der Waals surface area contributed by atoms with Crippen molar-refractivity contribution >= 4 is 6.09 Å². The smallest absolute Gasteiger partial charge is 0.410 e. The average molecular weight is 457 g/mol. The number of aliphatic hydroxyl groups is 1. The van der Waals surface area contributed by atoms with Crippen molar-refractivity contribution in [2.24, 2.45) is 0 Å². The molecule has 6 rings (SSSR count). The third-order valence-electron chi connectivity index (χ3n) is 7.55. The summed E-state index contributed by atoms with van der Waals surface area (Å²) in [5.41, 5.74) is 5.48. The summed E-state index contributed by atoms with van der Waals surface area (Å²) in [6, 6.07) is 20.0. The first-order valence-electron chi connectivity index (χ1n) is 11.9. The minimum Gasteiger partial charge on any atom is -0.448 e. The Hall–Kier alpha value is -3.22. The average Bonchev–Trinajstić information content (AvgIpc) is 3.16. The second-order valence-corrected chi connectivity index (χ2v) is 9.68. The number of benzene rings is 2. The molecule has 2 atom stereocenters. The van der Waals surface area contributed by atoms with E-state index < -0.39 is 5.60 Å². The van der Waals surface area contributed by atoms with Gasteiger partial charge >= 0.3 is 6.09 Å². The van der Waals surface area contributed by atoms with E-state index in [9.17, 15) is 9.90 Å². The lowest BCUT2D eigenvalue weighted by Crippen LogP contribution is -2.62. The molecule has 1 aromatic heterocycles. The Kier molecular flexibility index (Phi) is 5.15. The molecular formula is C28H28N2O4. The van der Waals surface area contributed by atoms with Gasteiger partial charge < -0.3 is 14.6 Å². The van der Waals surface area contributed by atoms with Crippen molar-refractivity contribution < 1.29 is 19.4 Å². The molecule has 1 N–H and O–H groups in total. The molecule has 2 bridgehead atoms. The van der Waals surface area contributed by atoms with Crippen LogP contribution in [0.1, 0.15) is 41.1 Å². The number of hydrogen-bond acceptors (Lipinski definition) is 5. The summed E-state index contributed by atoms with van der Waals surface area (Å²) in [7, 11) is 0. The summed E-state index contributed by atoms with van der Waals surface area (Å²) < 4.78 is 11.7. The molecule has 2 fully saturated rings. The van der Waals surface area contributed by atoms with Crippen molar-refractivity contribution in [1.29, 1.82) is 0 Å². The van der Waals surface area contributed by atoms with Gasteiger partial charge in [0.15, 0.2) is 0 Å². The van der Waals surface area contributed by atoms with Gasteiger partial charge in [0.05, 0.1) is 30.9 Å². The molecule has 0 spiro atoms. The highest BCUT2D eigenvalue weighted by molar-refractivity contribution is 5.79. The number of piperidine rings is 1. The van der Waals surface area contributed by atoms with Crippen LogP contribution in [0, 0.1) is 6.92 Å². The maximum atomic E-state index is 13.3. The number of morpholine rings is 1. The van der Waals surface area contributed by atoms with Gasteiger partial charge in [-0.05, 0) is 35.2 Å². The molecule has 2 aromatic carbocycles. The highest BCUT2D eigenvalue weighted by Crippen LogP contribution is 2.45. The molecule has 3 heterocycles. The maximum Gasteiger partial charge on any atom is 0.410 e. The molecule has 2 saturated heterocycles. The van der Waals surface area contributed by atoms with Crippen LogP contribution < -0.4 is 0 Å². The summed E-state index contributed by atoms with van der Waals surface area (Å²) in [6.45, 7) is 3.00. The number of aromatic nitrogens is 1. The number of fused-ring (bicyclic) bond motifs is 5. The molecule has 6 heteroatoms. The van der Waals surface area contributed by atoms with Gasteiger partial charge in [0.25, 0.3) is 0 Å². The van der Waals surface area contributed by atoms with Crippen LogP contribution in [0.4, 0.5) is 4.79 Å². The second kappa shape index (κ2) is 8.22. The van der Waals surface area contributed by atoms with Crippen molar-refractivity contribution in [3.63, 3.8) is 0 Å². The van der Waals surface area contributed by atoms with Gasteiger partial charge in [-0.25, -0.2) is 4.79 Å². The quantitative estimate of drug-likeness (QED) is 0.633. The summed E-state index contributed by atoms with van der Waals surface area (Å²) in [5, 5.41) is 11.5. The molecule has 2 unspecified atom stereocenters. The SMILES string of the molecule is Cc1ccc(C2(O)CC3COCC(C2)N3C(=O)OCC2c3ccccc3-c3ccccc32)cn1. The van der Waals surface area contributed by atoms with E-state index in [4.69, 9.17) is 9.47 Å². The van der Waals surface area contributed by atoms with Gasteiger partial charge in [-0.3, -0.25) is 9.88 Å². The zero-order chi connectivity index (χ0) is 23.3. The molecule has 2 aliphatic heterocycles. The second-order valence-electron chi connectivity index (χ2n) is 9.68. The summed E-state index contributed by atoms with van der Waals surface area (Å²) in [6.07, 6.45) is 2.22. The van der Waals surface area contributed by atoms with Gasteiger partial charge in [0.1, 0.15) is 6.61 Å². The van der Waals surface area contributed by atoms with Crippen LogP contribution in [0.3, 0.4) is 0 Å². The number of pyridine rings is 1. The van der Waals surface area contributed by atoms with Crippen molar-refractivity contribution in [2.45, 2.75) is 43.4 Å². The molecule has 0 radical (unpaired) electrons. The molecule has 3 aromatic rings. The number of nitrogens with zero attached hydrogens (tertiary/aromatic N) is 2. The third kappa shape index (κ3) is 3.49. The van der Waals surface area contributed by atoms with Crippen LogP contribution in [-0.4, -0.2) is 53.0 Å². The van der Waals surface area contributed by atoms with Crippen molar-refractivity contribution in [1.82, 2.24) is 9.88 Å². The number of aryl methyl sites for hydroxylation is 1. The Morgan fingerprint density at radius 2 is 1.65 bits per heavy atom. The van der Waals surface area contributed by atoms with E-state index in [2.05, 4.69) is 29.2 Å². The molecule has 1 amide bonds. The van der Waals surface area contributed by atoms with Crippen molar-refractivity contribution in [2.75, 3.05) is 19.8 Å². The minimum atomic E-state index is -1.03. The van der Waals surface area contributed by atoms with Crippen LogP contribution in [0.25, 0.3) is 11.1 Å². The summed E-state index contributed by atoms with van der Waals surface area (Å²) >= 11 is 0. The first-order valence-corrected chi connectivity index (χ1v) is 11.9. The highest BCUT2D eigenvalue weighted by Gasteiger charge is 2.49. The Morgan fingerprint density at radius 1 is 1.03 bits per heavy atom.